The summed E-state index contributed by atoms with van der Waals surface area (Å²) in [5, 5.41) is 2.94. The fourth-order valence-corrected chi connectivity index (χ4v) is 2.15. The minimum Gasteiger partial charge on any atom is -0.354 e. The van der Waals surface area contributed by atoms with E-state index in [1.807, 2.05) is 0 Å². The molecule has 1 atom stereocenters. The lowest BCUT2D eigenvalue weighted by Crippen LogP contribution is -2.40. The third-order valence-electron chi connectivity index (χ3n) is 3.20. The zero-order valence-electron chi connectivity index (χ0n) is 9.80. The molecule has 0 aromatic heterocycles. The molecule has 0 aromatic carbocycles. The molecule has 0 aliphatic heterocycles. The van der Waals surface area contributed by atoms with E-state index < -0.39 is 0 Å². The maximum atomic E-state index is 11.3. The topological polar surface area (TPSA) is 55.1 Å². The van der Waals surface area contributed by atoms with Gasteiger partial charge in [-0.1, -0.05) is 32.1 Å². The van der Waals surface area contributed by atoms with Gasteiger partial charge in [-0.3, -0.25) is 4.79 Å². The number of rotatable bonds is 3. The van der Waals surface area contributed by atoms with Gasteiger partial charge < -0.3 is 11.1 Å². The van der Waals surface area contributed by atoms with E-state index in [1.165, 1.54) is 44.9 Å². The Hall–Kier alpha value is -0.570. The van der Waals surface area contributed by atoms with Gasteiger partial charge in [0.25, 0.3) is 0 Å². The van der Waals surface area contributed by atoms with E-state index in [0.717, 1.165) is 6.54 Å². The van der Waals surface area contributed by atoms with Gasteiger partial charge in [0.2, 0.25) is 5.91 Å². The molecule has 0 unspecified atom stereocenters. The third-order valence-corrected chi connectivity index (χ3v) is 3.20. The number of nitrogens with one attached hydrogen (secondary N) is 1. The average molecular weight is 212 g/mol. The third kappa shape index (κ3) is 5.17. The quantitative estimate of drug-likeness (QED) is 0.749. The monoisotopic (exact) mass is 212 g/mol. The van der Waals surface area contributed by atoms with Crippen LogP contribution in [0.5, 0.6) is 0 Å². The van der Waals surface area contributed by atoms with Crippen LogP contribution in [0, 0.1) is 5.92 Å². The first-order valence-electron chi connectivity index (χ1n) is 6.23. The van der Waals surface area contributed by atoms with Crippen molar-refractivity contribution in [1.29, 1.82) is 0 Å². The second kappa shape index (κ2) is 6.83. The second-order valence-electron chi connectivity index (χ2n) is 4.74. The molecular weight excluding hydrogens is 188 g/mol. The van der Waals surface area contributed by atoms with Crippen LogP contribution in [0.3, 0.4) is 0 Å². The van der Waals surface area contributed by atoms with Crippen LogP contribution in [0.15, 0.2) is 0 Å². The van der Waals surface area contributed by atoms with E-state index in [4.69, 9.17) is 5.73 Å². The van der Waals surface area contributed by atoms with Gasteiger partial charge in [-0.05, 0) is 25.7 Å². The van der Waals surface area contributed by atoms with E-state index in [2.05, 4.69) is 5.32 Å². The summed E-state index contributed by atoms with van der Waals surface area (Å²) in [7, 11) is 0. The van der Waals surface area contributed by atoms with Crippen molar-refractivity contribution in [2.75, 3.05) is 6.54 Å². The minimum absolute atomic E-state index is 0.0166. The molecule has 0 radical (unpaired) electrons. The summed E-state index contributed by atoms with van der Waals surface area (Å²) < 4.78 is 0. The molecule has 3 N–H and O–H groups in total. The fourth-order valence-electron chi connectivity index (χ4n) is 2.15. The average Bonchev–Trinajstić information content (AvgIpc) is 2.15. The van der Waals surface area contributed by atoms with Gasteiger partial charge in [-0.2, -0.15) is 0 Å². The maximum absolute atomic E-state index is 11.3. The molecule has 3 nitrogen and oxygen atoms in total. The Labute approximate surface area is 92.8 Å². The van der Waals surface area contributed by atoms with Crippen molar-refractivity contribution < 1.29 is 4.79 Å². The smallest absolute Gasteiger partial charge is 0.236 e. The zero-order chi connectivity index (χ0) is 11.1. The lowest BCUT2D eigenvalue weighted by atomic mass is 9.91. The van der Waals surface area contributed by atoms with Crippen molar-refractivity contribution in [1.82, 2.24) is 5.32 Å². The molecule has 15 heavy (non-hydrogen) atoms. The van der Waals surface area contributed by atoms with E-state index in [1.54, 1.807) is 6.92 Å². The number of carbonyl (C=O) groups excluding carboxylic acids is 1. The predicted molar refractivity (Wildman–Crippen MR) is 62.5 cm³/mol. The van der Waals surface area contributed by atoms with Gasteiger partial charge in [0.15, 0.2) is 0 Å². The van der Waals surface area contributed by atoms with E-state index >= 15 is 0 Å². The Morgan fingerprint density at radius 3 is 2.33 bits per heavy atom. The highest BCUT2D eigenvalue weighted by Gasteiger charge is 2.13. The number of nitrogens with two attached hydrogens (primary N) is 1. The molecule has 88 valence electrons. The lowest BCUT2D eigenvalue weighted by molar-refractivity contribution is -0.122. The highest BCUT2D eigenvalue weighted by Crippen LogP contribution is 2.21. The molecule has 0 saturated heterocycles. The van der Waals surface area contributed by atoms with Gasteiger partial charge in [0.05, 0.1) is 6.04 Å². The molecule has 0 bridgehead atoms. The van der Waals surface area contributed by atoms with Crippen LogP contribution in [0.1, 0.15) is 51.9 Å². The number of amides is 1. The largest absolute Gasteiger partial charge is 0.354 e. The molecule has 1 rings (SSSR count). The standard InChI is InChI=1S/C12H24N2O/c1-10(13)12(15)14-9-11-7-5-3-2-4-6-8-11/h10-11H,2-9,13H2,1H3,(H,14,15)/t10-/m1/s1. The predicted octanol–water partition coefficient (Wildman–Crippen LogP) is 1.81. The highest BCUT2D eigenvalue weighted by atomic mass is 16.2. The molecular formula is C12H24N2O. The molecule has 1 saturated carbocycles. The van der Waals surface area contributed by atoms with Crippen molar-refractivity contribution in [2.45, 2.75) is 57.9 Å². The van der Waals surface area contributed by atoms with Crippen molar-refractivity contribution in [2.24, 2.45) is 11.7 Å². The van der Waals surface area contributed by atoms with Crippen molar-refractivity contribution in [3.63, 3.8) is 0 Å². The van der Waals surface area contributed by atoms with Crippen LogP contribution in [0.4, 0.5) is 0 Å². The summed E-state index contributed by atoms with van der Waals surface area (Å²) in [5.41, 5.74) is 5.50. The highest BCUT2D eigenvalue weighted by molar-refractivity contribution is 5.80. The van der Waals surface area contributed by atoms with E-state index in [9.17, 15) is 4.79 Å². The van der Waals surface area contributed by atoms with Gasteiger partial charge in [0.1, 0.15) is 0 Å². The maximum Gasteiger partial charge on any atom is 0.236 e. The van der Waals surface area contributed by atoms with Crippen LogP contribution >= 0.6 is 0 Å². The number of carbonyl (C=O) groups is 1. The summed E-state index contributed by atoms with van der Waals surface area (Å²) in [5.74, 6) is 0.657. The Bertz CT molecular complexity index is 184. The second-order valence-corrected chi connectivity index (χ2v) is 4.74. The molecule has 3 heteroatoms. The SMILES string of the molecule is C[C@@H](N)C(=O)NCC1CCCCCCC1. The first-order chi connectivity index (χ1) is 7.20. The first kappa shape index (κ1) is 12.5. The lowest BCUT2D eigenvalue weighted by Gasteiger charge is -2.20. The summed E-state index contributed by atoms with van der Waals surface area (Å²) in [6.07, 6.45) is 9.27. The minimum atomic E-state index is -0.376. The van der Waals surface area contributed by atoms with Crippen LogP contribution in [-0.4, -0.2) is 18.5 Å². The van der Waals surface area contributed by atoms with Gasteiger partial charge in [-0.15, -0.1) is 0 Å². The van der Waals surface area contributed by atoms with Crippen molar-refractivity contribution >= 4 is 5.91 Å². The molecule has 1 amide bonds. The molecule has 1 aliphatic carbocycles. The molecule has 1 aliphatic rings. The van der Waals surface area contributed by atoms with Crippen molar-refractivity contribution in [3.8, 4) is 0 Å². The van der Waals surface area contributed by atoms with Crippen LogP contribution in [0.25, 0.3) is 0 Å². The molecule has 0 aromatic rings. The molecule has 0 heterocycles. The van der Waals surface area contributed by atoms with Gasteiger partial charge in [0, 0.05) is 6.54 Å². The van der Waals surface area contributed by atoms with Gasteiger partial charge >= 0.3 is 0 Å². The Balaban J connectivity index is 2.20. The van der Waals surface area contributed by atoms with Crippen LogP contribution < -0.4 is 11.1 Å². The summed E-state index contributed by atoms with van der Waals surface area (Å²) in [6.45, 7) is 2.55. The summed E-state index contributed by atoms with van der Waals surface area (Å²) >= 11 is 0. The Kier molecular flexibility index (Phi) is 5.69. The van der Waals surface area contributed by atoms with Crippen LogP contribution in [0.2, 0.25) is 0 Å². The Morgan fingerprint density at radius 2 is 1.80 bits per heavy atom. The Morgan fingerprint density at radius 1 is 1.27 bits per heavy atom. The molecule has 1 fully saturated rings. The summed E-state index contributed by atoms with van der Waals surface area (Å²) in [4.78, 5) is 11.3. The van der Waals surface area contributed by atoms with E-state index in [0.29, 0.717) is 5.92 Å². The first-order valence-corrected chi connectivity index (χ1v) is 6.23. The fraction of sp³-hybridized carbons (Fsp3) is 0.917. The molecule has 0 spiro atoms. The zero-order valence-corrected chi connectivity index (χ0v) is 9.80. The number of hydrogen-bond donors (Lipinski definition) is 2. The van der Waals surface area contributed by atoms with E-state index in [-0.39, 0.29) is 11.9 Å². The van der Waals surface area contributed by atoms with Crippen molar-refractivity contribution in [3.05, 3.63) is 0 Å². The van der Waals surface area contributed by atoms with Crippen LogP contribution in [-0.2, 0) is 4.79 Å². The summed E-state index contributed by atoms with van der Waals surface area (Å²) in [6, 6.07) is -0.376. The normalized spacial score (nSPS) is 21.5. The number of hydrogen-bond acceptors (Lipinski definition) is 2. The van der Waals surface area contributed by atoms with Gasteiger partial charge in [-0.25, -0.2) is 0 Å².